The first kappa shape index (κ1) is 21.5. The minimum Gasteiger partial charge on any atom is -0.496 e. The van der Waals surface area contributed by atoms with Gasteiger partial charge in [-0.2, -0.15) is 4.98 Å². The molecule has 3 aromatic rings. The van der Waals surface area contributed by atoms with Crippen molar-refractivity contribution < 1.29 is 17.7 Å². The molecule has 0 saturated heterocycles. The molecule has 0 amide bonds. The molecule has 8 heteroatoms. The van der Waals surface area contributed by atoms with E-state index in [1.54, 1.807) is 6.07 Å². The number of hydrogen-bond donors (Lipinski definition) is 1. The van der Waals surface area contributed by atoms with Gasteiger partial charge in [-0.05, 0) is 43.5 Å². The van der Waals surface area contributed by atoms with Crippen LogP contribution in [-0.4, -0.2) is 25.7 Å². The van der Waals surface area contributed by atoms with Crippen LogP contribution >= 0.6 is 0 Å². The number of nitrogens with one attached hydrogen (secondary N) is 1. The van der Waals surface area contributed by atoms with Crippen LogP contribution < -0.4 is 9.46 Å². The Kier molecular flexibility index (Phi) is 6.38. The monoisotopic (exact) mass is 441 g/mol. The van der Waals surface area contributed by atoms with Gasteiger partial charge in [0.15, 0.2) is 0 Å². The van der Waals surface area contributed by atoms with Crippen LogP contribution in [0.15, 0.2) is 51.9 Å². The van der Waals surface area contributed by atoms with E-state index < -0.39 is 10.0 Å². The van der Waals surface area contributed by atoms with E-state index in [9.17, 15) is 8.42 Å². The molecule has 4 rings (SSSR count). The minimum absolute atomic E-state index is 0.124. The summed E-state index contributed by atoms with van der Waals surface area (Å²) < 4.78 is 39.4. The zero-order valence-electron chi connectivity index (χ0n) is 17.8. The molecule has 1 aliphatic carbocycles. The van der Waals surface area contributed by atoms with Crippen LogP contribution in [0.25, 0.3) is 11.4 Å². The Morgan fingerprint density at radius 1 is 1.10 bits per heavy atom. The second-order valence-corrected chi connectivity index (χ2v) is 9.73. The highest BCUT2D eigenvalue weighted by atomic mass is 32.2. The quantitative estimate of drug-likeness (QED) is 0.577. The number of nitrogens with zero attached hydrogens (tertiary/aromatic N) is 2. The number of rotatable bonds is 7. The van der Waals surface area contributed by atoms with Crippen LogP contribution in [0.1, 0.15) is 55.0 Å². The van der Waals surface area contributed by atoms with Gasteiger partial charge in [-0.25, -0.2) is 13.1 Å². The Morgan fingerprint density at radius 3 is 2.55 bits per heavy atom. The highest BCUT2D eigenvalue weighted by molar-refractivity contribution is 7.89. The molecule has 164 valence electrons. The Hall–Kier alpha value is -2.71. The van der Waals surface area contributed by atoms with Crippen molar-refractivity contribution in [2.45, 2.75) is 56.4 Å². The van der Waals surface area contributed by atoms with Gasteiger partial charge in [-0.15, -0.1) is 0 Å². The lowest BCUT2D eigenvalue weighted by atomic mass is 9.89. The van der Waals surface area contributed by atoms with Gasteiger partial charge in [0.25, 0.3) is 0 Å². The smallest absolute Gasteiger partial charge is 0.240 e. The van der Waals surface area contributed by atoms with E-state index in [-0.39, 0.29) is 17.4 Å². The maximum atomic E-state index is 12.9. The van der Waals surface area contributed by atoms with Crippen molar-refractivity contribution >= 4 is 10.0 Å². The Morgan fingerprint density at radius 2 is 1.84 bits per heavy atom. The fourth-order valence-electron chi connectivity index (χ4n) is 3.86. The summed E-state index contributed by atoms with van der Waals surface area (Å²) in [5, 5.41) is 4.11. The summed E-state index contributed by atoms with van der Waals surface area (Å²) in [4.78, 5) is 4.69. The largest absolute Gasteiger partial charge is 0.496 e. The maximum Gasteiger partial charge on any atom is 0.240 e. The van der Waals surface area contributed by atoms with Crippen molar-refractivity contribution in [3.05, 3.63) is 59.5 Å². The van der Waals surface area contributed by atoms with Gasteiger partial charge < -0.3 is 9.26 Å². The van der Waals surface area contributed by atoms with Gasteiger partial charge in [0.2, 0.25) is 21.7 Å². The van der Waals surface area contributed by atoms with E-state index in [4.69, 9.17) is 9.26 Å². The van der Waals surface area contributed by atoms with Gasteiger partial charge in [0.05, 0.1) is 17.6 Å². The van der Waals surface area contributed by atoms with Crippen molar-refractivity contribution in [2.75, 3.05) is 7.11 Å². The highest BCUT2D eigenvalue weighted by Gasteiger charge is 2.24. The lowest BCUT2D eigenvalue weighted by Gasteiger charge is -2.17. The van der Waals surface area contributed by atoms with E-state index >= 15 is 0 Å². The first-order valence-electron chi connectivity index (χ1n) is 10.5. The summed E-state index contributed by atoms with van der Waals surface area (Å²) in [6, 6.07) is 12.4. The first-order valence-corrected chi connectivity index (χ1v) is 12.0. The molecule has 0 spiro atoms. The van der Waals surface area contributed by atoms with E-state index in [2.05, 4.69) is 14.9 Å². The van der Waals surface area contributed by atoms with E-state index in [0.29, 0.717) is 23.0 Å². The summed E-state index contributed by atoms with van der Waals surface area (Å²) in [6.07, 6.45) is 5.63. The SMILES string of the molecule is COc1ccc(S(=O)(=O)NCc2ccc(C)cc2)cc1-c1noc(C2CCCCC2)n1. The number of aromatic nitrogens is 2. The first-order chi connectivity index (χ1) is 15.0. The van der Waals surface area contributed by atoms with Gasteiger partial charge in [-0.3, -0.25) is 0 Å². The molecule has 0 radical (unpaired) electrons. The van der Waals surface area contributed by atoms with Crippen molar-refractivity contribution in [1.29, 1.82) is 0 Å². The maximum absolute atomic E-state index is 12.9. The van der Waals surface area contributed by atoms with E-state index in [0.717, 1.165) is 36.8 Å². The Balaban J connectivity index is 1.58. The molecule has 1 saturated carbocycles. The van der Waals surface area contributed by atoms with Crippen molar-refractivity contribution in [1.82, 2.24) is 14.9 Å². The highest BCUT2D eigenvalue weighted by Crippen LogP contribution is 2.35. The molecule has 1 N–H and O–H groups in total. The van der Waals surface area contributed by atoms with Gasteiger partial charge in [-0.1, -0.05) is 54.2 Å². The second-order valence-electron chi connectivity index (χ2n) is 7.96. The minimum atomic E-state index is -3.73. The number of ether oxygens (including phenoxy) is 1. The summed E-state index contributed by atoms with van der Waals surface area (Å²) in [5.41, 5.74) is 2.50. The molecule has 0 bridgehead atoms. The molecule has 1 aliphatic rings. The van der Waals surface area contributed by atoms with Gasteiger partial charge in [0.1, 0.15) is 5.75 Å². The predicted octanol–water partition coefficient (Wildman–Crippen LogP) is 4.58. The van der Waals surface area contributed by atoms with Crippen LogP contribution in [0.4, 0.5) is 0 Å². The lowest BCUT2D eigenvalue weighted by Crippen LogP contribution is -2.23. The van der Waals surface area contributed by atoms with Crippen LogP contribution in [0, 0.1) is 6.92 Å². The number of methoxy groups -OCH3 is 1. The molecule has 7 nitrogen and oxygen atoms in total. The molecule has 31 heavy (non-hydrogen) atoms. The van der Waals surface area contributed by atoms with Gasteiger partial charge in [0, 0.05) is 12.5 Å². The summed E-state index contributed by atoms with van der Waals surface area (Å²) >= 11 is 0. The normalized spacial score (nSPS) is 15.2. The third-order valence-electron chi connectivity index (χ3n) is 5.71. The lowest BCUT2D eigenvalue weighted by molar-refractivity contribution is 0.314. The number of benzene rings is 2. The third kappa shape index (κ3) is 4.97. The van der Waals surface area contributed by atoms with Gasteiger partial charge >= 0.3 is 0 Å². The molecule has 0 unspecified atom stereocenters. The van der Waals surface area contributed by atoms with Crippen LogP contribution in [0.2, 0.25) is 0 Å². The topological polar surface area (TPSA) is 94.3 Å². The Bertz CT molecular complexity index is 1130. The van der Waals surface area contributed by atoms with Crippen molar-refractivity contribution in [2.24, 2.45) is 0 Å². The molecule has 1 aromatic heterocycles. The van der Waals surface area contributed by atoms with Crippen LogP contribution in [0.5, 0.6) is 5.75 Å². The summed E-state index contributed by atoms with van der Waals surface area (Å²) in [7, 11) is -2.20. The van der Waals surface area contributed by atoms with E-state index in [1.807, 2.05) is 31.2 Å². The summed E-state index contributed by atoms with van der Waals surface area (Å²) in [6.45, 7) is 2.20. The zero-order chi connectivity index (χ0) is 21.8. The van der Waals surface area contributed by atoms with E-state index in [1.165, 1.54) is 25.7 Å². The average Bonchev–Trinajstić information content (AvgIpc) is 3.29. The summed E-state index contributed by atoms with van der Waals surface area (Å²) in [5.74, 6) is 1.72. The second kappa shape index (κ2) is 9.20. The third-order valence-corrected chi connectivity index (χ3v) is 7.10. The number of aryl methyl sites for hydroxylation is 1. The molecular weight excluding hydrogens is 414 g/mol. The number of sulfonamides is 1. The van der Waals surface area contributed by atoms with Crippen molar-refractivity contribution in [3.63, 3.8) is 0 Å². The molecular formula is C23H27N3O4S. The molecule has 1 heterocycles. The average molecular weight is 442 g/mol. The fraction of sp³-hybridized carbons (Fsp3) is 0.391. The zero-order valence-corrected chi connectivity index (χ0v) is 18.6. The Labute approximate surface area is 182 Å². The molecule has 0 atom stereocenters. The molecule has 0 aliphatic heterocycles. The molecule has 1 fully saturated rings. The molecule has 2 aromatic carbocycles. The van der Waals surface area contributed by atoms with Crippen molar-refractivity contribution in [3.8, 4) is 17.1 Å². The fourth-order valence-corrected chi connectivity index (χ4v) is 4.90. The standard InChI is InChI=1S/C23H27N3O4S/c1-16-8-10-17(11-9-16)15-24-31(27,28)19-12-13-21(29-2)20(14-19)22-25-23(30-26-22)18-6-4-3-5-7-18/h8-14,18,24H,3-7,15H2,1-2H3. The predicted molar refractivity (Wildman–Crippen MR) is 117 cm³/mol. The van der Waals surface area contributed by atoms with Crippen LogP contribution in [-0.2, 0) is 16.6 Å². The van der Waals surface area contributed by atoms with Crippen LogP contribution in [0.3, 0.4) is 0 Å². The number of hydrogen-bond acceptors (Lipinski definition) is 6.